The van der Waals surface area contributed by atoms with Crippen LogP contribution in [0.2, 0.25) is 0 Å². The van der Waals surface area contributed by atoms with Crippen LogP contribution in [0.25, 0.3) is 34.6 Å². The van der Waals surface area contributed by atoms with E-state index in [-0.39, 0.29) is 60.5 Å². The van der Waals surface area contributed by atoms with E-state index in [1.165, 1.54) is 74.2 Å². The molecule has 1 N–H and O–H groups in total. The minimum Gasteiger partial charge on any atom is -0.572 e. The summed E-state index contributed by atoms with van der Waals surface area (Å²) in [6, 6.07) is 9.16. The standard InChI is InChI=1S/C14H18N4.2C14H17N4.C14H18N2O2.C7H8N2O2.Pt/c3*1-9-6-8-15-13(16-9)11-10-5-4-7-14(2,3)12(10)18-17-11;1-9-6-8-15-13(16-9)11(17)10-5-4-7-14(2,3)12(10)18;1-5-3-4-8-6(9-5)7(10)11-2;/h6,8H,4-5,7H2,1-3H3,(H,17,18);2*6,8H,4-5,7H2,1-3H3;6,8,10H,4-5,7H2,1-3H3;3-4H,1-2H3;/q;2*-1;;;+2. The Morgan fingerprint density at radius 1 is 0.524 bits per heavy atom. The van der Waals surface area contributed by atoms with Crippen LogP contribution >= 0.6 is 0 Å². The molecular weight excluding hydrogens is 1240 g/mol. The van der Waals surface area contributed by atoms with Crippen molar-refractivity contribution in [1.82, 2.24) is 80.4 Å². The van der Waals surface area contributed by atoms with Gasteiger partial charge in [-0.05, 0) is 147 Å². The predicted octanol–water partition coefficient (Wildman–Crippen LogP) is 10.6. The second-order valence-corrected chi connectivity index (χ2v) is 24.5. The van der Waals surface area contributed by atoms with E-state index in [2.05, 4.69) is 127 Å². The van der Waals surface area contributed by atoms with Gasteiger partial charge >= 0.3 is 27.0 Å². The number of carbonyl (C=O) groups excluding carboxylic acids is 3. The van der Waals surface area contributed by atoms with Crippen LogP contribution in [-0.4, -0.2) is 94.9 Å². The van der Waals surface area contributed by atoms with Crippen molar-refractivity contribution in [1.29, 1.82) is 0 Å². The fourth-order valence-electron chi connectivity index (χ4n) is 11.2. The van der Waals surface area contributed by atoms with Gasteiger partial charge in [0, 0.05) is 104 Å². The van der Waals surface area contributed by atoms with Crippen LogP contribution < -0.4 is 10.2 Å². The number of aromatic nitrogens is 16. The first kappa shape index (κ1) is 64.1. The Morgan fingerprint density at radius 2 is 0.929 bits per heavy atom. The van der Waals surface area contributed by atoms with Crippen LogP contribution in [0, 0.1) is 46.0 Å². The monoisotopic (exact) mass is 1320 g/mol. The van der Waals surface area contributed by atoms with E-state index in [9.17, 15) is 14.4 Å². The maximum absolute atomic E-state index is 12.3. The molecule has 0 aromatic carbocycles. The molecule has 1 saturated carbocycles. The smallest absolute Gasteiger partial charge is 0.572 e. The number of hydrogen-bond acceptors (Lipinski definition) is 17. The topological polar surface area (TPSA) is 272 Å². The molecule has 8 aromatic heterocycles. The van der Waals surface area contributed by atoms with Gasteiger partial charge in [-0.2, -0.15) is 5.10 Å². The number of carbonyl (C=O) groups is 3. The molecule has 0 aliphatic heterocycles. The van der Waals surface area contributed by atoms with Crippen LogP contribution in [-0.2, 0) is 66.1 Å². The number of nitrogens with zero attached hydrogens (tertiary/aromatic N) is 15. The number of aryl methyl sites for hydroxylation is 5. The Balaban J connectivity index is 0.000000152. The summed E-state index contributed by atoms with van der Waals surface area (Å²) in [4.78, 5) is 77.5. The van der Waals surface area contributed by atoms with Gasteiger partial charge in [-0.15, -0.1) is 0 Å². The molecule has 1 unspecified atom stereocenters. The molecule has 20 nitrogen and oxygen atoms in total. The SMILES string of the molecule is COC(=O)c1nccc(C)n1.Cc1ccnc(-c2[n-]nc3c2CCCC3(C)C)n1.Cc1ccnc(-c2[n-]nc3c2CCCC3(C)C)n1.Cc1ccnc(-c2n[nH]c3c2CCCC3(C)C)n1.Cc1ccnc(C(=O)C2CCCC(C)(C)C2=O)n1.[Pt+2]. The van der Waals surface area contributed by atoms with E-state index in [0.29, 0.717) is 18.1 Å². The van der Waals surface area contributed by atoms with Crippen molar-refractivity contribution in [3.05, 3.63) is 135 Å². The first-order valence-electron chi connectivity index (χ1n) is 28.7. The summed E-state index contributed by atoms with van der Waals surface area (Å²) in [6.07, 6.45) is 21.1. The normalized spacial score (nSPS) is 17.4. The zero-order valence-electron chi connectivity index (χ0n) is 51.0. The van der Waals surface area contributed by atoms with Gasteiger partial charge in [-0.3, -0.25) is 14.7 Å². The maximum atomic E-state index is 12.3. The second-order valence-electron chi connectivity index (χ2n) is 24.5. The molecule has 84 heavy (non-hydrogen) atoms. The molecule has 444 valence electrons. The Hall–Kier alpha value is -7.47. The molecule has 1 fully saturated rings. The number of methoxy groups -OCH3 is 1. The van der Waals surface area contributed by atoms with Gasteiger partial charge in [0.1, 0.15) is 23.1 Å². The number of Topliss-reactive ketones (excluding diaryl/α,β-unsaturated/α-hetero) is 2. The molecule has 0 spiro atoms. The summed E-state index contributed by atoms with van der Waals surface area (Å²) in [7, 11) is 1.30. The van der Waals surface area contributed by atoms with Gasteiger partial charge in [0.2, 0.25) is 11.6 Å². The average Bonchev–Trinajstić information content (AvgIpc) is 2.50. The van der Waals surface area contributed by atoms with Gasteiger partial charge in [0.05, 0.1) is 13.0 Å². The molecule has 4 aliphatic rings. The number of nitrogens with one attached hydrogen (secondary N) is 1. The molecule has 0 saturated heterocycles. The number of hydrogen-bond donors (Lipinski definition) is 1. The zero-order chi connectivity index (χ0) is 59.9. The maximum Gasteiger partial charge on any atom is 2.00 e. The number of ketones is 2. The van der Waals surface area contributed by atoms with E-state index in [4.69, 9.17) is 0 Å². The number of fused-ring (bicyclic) bond motifs is 3. The van der Waals surface area contributed by atoms with E-state index >= 15 is 0 Å². The third kappa shape index (κ3) is 15.1. The first-order valence-corrected chi connectivity index (χ1v) is 28.7. The Labute approximate surface area is 507 Å². The van der Waals surface area contributed by atoms with Gasteiger partial charge in [-0.1, -0.05) is 73.2 Å². The summed E-state index contributed by atoms with van der Waals surface area (Å²) in [6.45, 7) is 26.8. The predicted molar refractivity (Wildman–Crippen MR) is 314 cm³/mol. The van der Waals surface area contributed by atoms with Gasteiger partial charge in [0.15, 0.2) is 11.6 Å². The molecule has 8 aromatic rings. The molecule has 8 heterocycles. The molecule has 21 heteroatoms. The van der Waals surface area contributed by atoms with Crippen LogP contribution in [0.15, 0.2) is 61.3 Å². The number of esters is 1. The summed E-state index contributed by atoms with van der Waals surface area (Å²) in [5, 5.41) is 25.1. The van der Waals surface area contributed by atoms with Crippen molar-refractivity contribution in [3.63, 3.8) is 0 Å². The fraction of sp³-hybridized carbons (Fsp3) is 0.492. The number of aromatic amines is 1. The Kier molecular flexibility index (Phi) is 20.6. The quantitative estimate of drug-likeness (QED) is 0.0920. The molecule has 0 bridgehead atoms. The van der Waals surface area contributed by atoms with Crippen LogP contribution in [0.4, 0.5) is 0 Å². The zero-order valence-corrected chi connectivity index (χ0v) is 53.3. The summed E-state index contributed by atoms with van der Waals surface area (Å²) >= 11 is 0. The van der Waals surface area contributed by atoms with Crippen molar-refractivity contribution >= 4 is 17.5 Å². The van der Waals surface area contributed by atoms with Gasteiger partial charge in [0.25, 0.3) is 0 Å². The van der Waals surface area contributed by atoms with E-state index in [0.717, 1.165) is 94.9 Å². The Morgan fingerprint density at radius 3 is 1.40 bits per heavy atom. The third-order valence-corrected chi connectivity index (χ3v) is 15.9. The summed E-state index contributed by atoms with van der Waals surface area (Å²) in [5.74, 6) is 1.18. The number of H-pyrrole nitrogens is 1. The van der Waals surface area contributed by atoms with Crippen molar-refractivity contribution in [2.45, 2.75) is 183 Å². The molecule has 0 radical (unpaired) electrons. The van der Waals surface area contributed by atoms with Gasteiger partial charge in [-0.25, -0.2) is 54.6 Å². The molecule has 4 aliphatic carbocycles. The van der Waals surface area contributed by atoms with Gasteiger partial charge < -0.3 is 25.1 Å². The van der Waals surface area contributed by atoms with Crippen molar-refractivity contribution in [3.8, 4) is 34.6 Å². The van der Waals surface area contributed by atoms with Crippen molar-refractivity contribution in [2.24, 2.45) is 11.3 Å². The molecule has 0 amide bonds. The van der Waals surface area contributed by atoms with E-state index in [1.54, 1.807) is 43.8 Å². The van der Waals surface area contributed by atoms with E-state index in [1.807, 2.05) is 59.7 Å². The minimum absolute atomic E-state index is 0. The van der Waals surface area contributed by atoms with Crippen LogP contribution in [0.3, 0.4) is 0 Å². The molecule has 1 atom stereocenters. The number of ether oxygens (including phenoxy) is 1. The second kappa shape index (κ2) is 27.1. The van der Waals surface area contributed by atoms with E-state index < -0.39 is 17.3 Å². The van der Waals surface area contributed by atoms with Crippen LogP contribution in [0.1, 0.15) is 197 Å². The van der Waals surface area contributed by atoms with Crippen molar-refractivity contribution in [2.75, 3.05) is 7.11 Å². The number of rotatable bonds is 6. The summed E-state index contributed by atoms with van der Waals surface area (Å²) in [5.41, 5.74) is 14.4. The summed E-state index contributed by atoms with van der Waals surface area (Å²) < 4.78 is 4.43. The average molecular weight is 1320 g/mol. The third-order valence-electron chi connectivity index (χ3n) is 15.9. The Bertz CT molecular complexity index is 3350. The largest absolute Gasteiger partial charge is 2.00 e. The fourth-order valence-corrected chi connectivity index (χ4v) is 11.2. The van der Waals surface area contributed by atoms with Crippen molar-refractivity contribution < 1.29 is 40.2 Å². The minimum atomic E-state index is -0.560. The molecular formula is C63H78N16O4Pt. The first-order chi connectivity index (χ1) is 39.4. The van der Waals surface area contributed by atoms with Crippen LogP contribution in [0.5, 0.6) is 0 Å². The molecule has 12 rings (SSSR count).